The topological polar surface area (TPSA) is 49.3 Å². The monoisotopic (exact) mass is 434 g/mol. The zero-order valence-corrected chi connectivity index (χ0v) is 18.2. The molecule has 2 fully saturated rings. The van der Waals surface area contributed by atoms with Crippen LogP contribution in [0.1, 0.15) is 47.8 Å². The van der Waals surface area contributed by atoms with Crippen LogP contribution in [-0.4, -0.2) is 38.9 Å². The fraction of sp³-hybridized carbons (Fsp3) is 0.348. The largest absolute Gasteiger partial charge is 0.321 e. The van der Waals surface area contributed by atoms with E-state index in [9.17, 15) is 4.79 Å². The van der Waals surface area contributed by atoms with Gasteiger partial charge in [0.05, 0.1) is 32.5 Å². The van der Waals surface area contributed by atoms with Crippen molar-refractivity contribution in [2.24, 2.45) is 0 Å². The zero-order chi connectivity index (χ0) is 20.1. The Hall–Kier alpha value is -2.51. The van der Waals surface area contributed by atoms with Gasteiger partial charge in [-0.25, -0.2) is 14.8 Å². The molecule has 4 aromatic rings. The van der Waals surface area contributed by atoms with Crippen molar-refractivity contribution in [1.29, 1.82) is 0 Å². The lowest BCUT2D eigenvalue weighted by Crippen LogP contribution is -2.42. The summed E-state index contributed by atoms with van der Waals surface area (Å²) in [7, 11) is 0. The number of carbonyl (C=O) groups is 1. The lowest BCUT2D eigenvalue weighted by atomic mass is 10.2. The van der Waals surface area contributed by atoms with E-state index in [1.54, 1.807) is 22.7 Å². The summed E-state index contributed by atoms with van der Waals surface area (Å²) in [6, 6.07) is 16.8. The number of thiazole rings is 2. The summed E-state index contributed by atoms with van der Waals surface area (Å²) in [5.74, 6) is 0. The smallest absolute Gasteiger partial charge is 0.315 e. The number of hydrogen-bond donors (Lipinski definition) is 0. The average molecular weight is 435 g/mol. The molecule has 2 aromatic carbocycles. The number of fused-ring (bicyclic) bond motifs is 2. The highest BCUT2D eigenvalue weighted by Crippen LogP contribution is 2.41. The summed E-state index contributed by atoms with van der Waals surface area (Å²) in [4.78, 5) is 27.5. The van der Waals surface area contributed by atoms with Gasteiger partial charge in [-0.15, -0.1) is 22.7 Å². The molecule has 2 aromatic heterocycles. The zero-order valence-electron chi connectivity index (χ0n) is 16.5. The van der Waals surface area contributed by atoms with E-state index in [0.29, 0.717) is 0 Å². The van der Waals surface area contributed by atoms with E-state index < -0.39 is 0 Å². The van der Waals surface area contributed by atoms with Crippen molar-refractivity contribution in [3.8, 4) is 0 Å². The summed E-state index contributed by atoms with van der Waals surface area (Å²) in [5, 5.41) is 2.13. The average Bonchev–Trinajstić information content (AvgIpc) is 3.56. The number of para-hydroxylation sites is 2. The molecule has 2 amide bonds. The summed E-state index contributed by atoms with van der Waals surface area (Å²) in [6.45, 7) is 1.62. The molecule has 2 saturated heterocycles. The molecule has 0 unspecified atom stereocenters. The molecule has 152 valence electrons. The van der Waals surface area contributed by atoms with Crippen LogP contribution in [0.4, 0.5) is 4.79 Å². The maximum Gasteiger partial charge on any atom is 0.321 e. The van der Waals surface area contributed by atoms with Crippen LogP contribution in [-0.2, 0) is 0 Å². The molecular formula is C23H22N4OS2. The Kier molecular flexibility index (Phi) is 4.46. The molecule has 2 aliphatic rings. The van der Waals surface area contributed by atoms with Crippen molar-refractivity contribution in [2.75, 3.05) is 13.1 Å². The van der Waals surface area contributed by atoms with Crippen molar-refractivity contribution < 1.29 is 4.79 Å². The molecule has 6 rings (SSSR count). The Labute approximate surface area is 183 Å². The number of amides is 2. The van der Waals surface area contributed by atoms with Gasteiger partial charge in [0, 0.05) is 13.1 Å². The SMILES string of the molecule is O=C(N1CCC[C@@H]1c1nc2ccccc2s1)N1CCC[C@@H]1c1nc2ccccc2s1. The second-order valence-corrected chi connectivity index (χ2v) is 10.1. The van der Waals surface area contributed by atoms with Gasteiger partial charge >= 0.3 is 6.03 Å². The molecule has 0 bridgehead atoms. The summed E-state index contributed by atoms with van der Waals surface area (Å²) in [5.41, 5.74) is 2.07. The Balaban J connectivity index is 1.29. The van der Waals surface area contributed by atoms with Gasteiger partial charge in [-0.1, -0.05) is 24.3 Å². The molecule has 2 aliphatic heterocycles. The second kappa shape index (κ2) is 7.32. The first-order valence-corrected chi connectivity index (χ1v) is 12.2. The Morgan fingerprint density at radius 1 is 0.767 bits per heavy atom. The van der Waals surface area contributed by atoms with Crippen molar-refractivity contribution in [3.05, 3.63) is 58.5 Å². The number of hydrogen-bond acceptors (Lipinski definition) is 5. The van der Waals surface area contributed by atoms with Crippen LogP contribution in [0.15, 0.2) is 48.5 Å². The molecule has 0 radical (unpaired) electrons. The van der Waals surface area contributed by atoms with Crippen LogP contribution < -0.4 is 0 Å². The van der Waals surface area contributed by atoms with E-state index >= 15 is 0 Å². The minimum Gasteiger partial charge on any atom is -0.315 e. The Morgan fingerprint density at radius 3 is 1.70 bits per heavy atom. The van der Waals surface area contributed by atoms with Crippen LogP contribution >= 0.6 is 22.7 Å². The number of carbonyl (C=O) groups excluding carboxylic acids is 1. The molecule has 30 heavy (non-hydrogen) atoms. The number of likely N-dealkylation sites (tertiary alicyclic amines) is 2. The highest BCUT2D eigenvalue weighted by atomic mass is 32.1. The summed E-state index contributed by atoms with van der Waals surface area (Å²) < 4.78 is 2.39. The van der Waals surface area contributed by atoms with E-state index in [1.165, 1.54) is 9.40 Å². The normalized spacial score (nSPS) is 21.9. The van der Waals surface area contributed by atoms with Crippen molar-refractivity contribution in [2.45, 2.75) is 37.8 Å². The van der Waals surface area contributed by atoms with Gasteiger partial charge < -0.3 is 9.80 Å². The first-order valence-electron chi connectivity index (χ1n) is 10.6. The van der Waals surface area contributed by atoms with Crippen molar-refractivity contribution in [1.82, 2.24) is 19.8 Å². The van der Waals surface area contributed by atoms with E-state index in [1.807, 2.05) is 12.1 Å². The van der Waals surface area contributed by atoms with Gasteiger partial charge in [0.1, 0.15) is 10.0 Å². The lowest BCUT2D eigenvalue weighted by molar-refractivity contribution is 0.143. The number of nitrogens with zero attached hydrogens (tertiary/aromatic N) is 4. The number of urea groups is 1. The van der Waals surface area contributed by atoms with Crippen LogP contribution in [0, 0.1) is 0 Å². The number of aromatic nitrogens is 2. The fourth-order valence-electron chi connectivity index (χ4n) is 4.73. The van der Waals surface area contributed by atoms with Gasteiger partial charge in [0.25, 0.3) is 0 Å². The van der Waals surface area contributed by atoms with E-state index in [4.69, 9.17) is 9.97 Å². The quantitative estimate of drug-likeness (QED) is 0.389. The molecule has 7 heteroatoms. The first-order chi connectivity index (χ1) is 14.8. The van der Waals surface area contributed by atoms with E-state index in [0.717, 1.165) is 59.8 Å². The molecule has 0 N–H and O–H groups in total. The van der Waals surface area contributed by atoms with Gasteiger partial charge in [0.15, 0.2) is 0 Å². The number of rotatable bonds is 2. The van der Waals surface area contributed by atoms with Gasteiger partial charge in [-0.2, -0.15) is 0 Å². The van der Waals surface area contributed by atoms with Crippen LogP contribution in [0.3, 0.4) is 0 Å². The van der Waals surface area contributed by atoms with Crippen molar-refractivity contribution >= 4 is 49.1 Å². The third kappa shape index (κ3) is 2.99. The predicted molar refractivity (Wildman–Crippen MR) is 122 cm³/mol. The fourth-order valence-corrected chi connectivity index (χ4v) is 6.97. The third-order valence-electron chi connectivity index (χ3n) is 6.19. The maximum atomic E-state index is 13.7. The minimum atomic E-state index is 0.0894. The standard InChI is InChI=1S/C23H22N4OS2/c28-23(26-13-5-9-17(26)21-24-15-7-1-3-11-19(15)29-21)27-14-6-10-18(27)22-25-16-8-2-4-12-20(16)30-22/h1-4,7-8,11-12,17-18H,5-6,9-10,13-14H2/t17-,18-/m1/s1. The number of benzene rings is 2. The van der Waals surface area contributed by atoms with Crippen LogP contribution in [0.25, 0.3) is 20.4 Å². The van der Waals surface area contributed by atoms with Crippen LogP contribution in [0.2, 0.25) is 0 Å². The molecule has 5 nitrogen and oxygen atoms in total. The van der Waals surface area contributed by atoms with Gasteiger partial charge in [0.2, 0.25) is 0 Å². The van der Waals surface area contributed by atoms with Gasteiger partial charge in [-0.3, -0.25) is 0 Å². The molecule has 0 spiro atoms. The Morgan fingerprint density at radius 2 is 1.23 bits per heavy atom. The summed E-state index contributed by atoms with van der Waals surface area (Å²) in [6.07, 6.45) is 4.05. The van der Waals surface area contributed by atoms with E-state index in [-0.39, 0.29) is 18.1 Å². The Bertz CT molecular complexity index is 1070. The first kappa shape index (κ1) is 18.3. The highest BCUT2D eigenvalue weighted by Gasteiger charge is 2.39. The van der Waals surface area contributed by atoms with E-state index in [2.05, 4.69) is 46.2 Å². The molecule has 2 atom stereocenters. The summed E-state index contributed by atoms with van der Waals surface area (Å²) >= 11 is 3.45. The molecule has 4 heterocycles. The predicted octanol–water partition coefficient (Wildman–Crippen LogP) is 6.00. The van der Waals surface area contributed by atoms with Gasteiger partial charge in [-0.05, 0) is 49.9 Å². The van der Waals surface area contributed by atoms with Crippen LogP contribution in [0.5, 0.6) is 0 Å². The molecule has 0 saturated carbocycles. The molecule has 0 aliphatic carbocycles. The van der Waals surface area contributed by atoms with Crippen molar-refractivity contribution in [3.63, 3.8) is 0 Å². The third-order valence-corrected chi connectivity index (χ3v) is 8.46. The lowest BCUT2D eigenvalue weighted by Gasteiger charge is -2.31. The highest BCUT2D eigenvalue weighted by molar-refractivity contribution is 7.19. The molecular weight excluding hydrogens is 412 g/mol. The second-order valence-electron chi connectivity index (χ2n) is 8.03. The minimum absolute atomic E-state index is 0.0894. The maximum absolute atomic E-state index is 13.7.